The first kappa shape index (κ1) is 16.2. The maximum absolute atomic E-state index is 11.9. The molecule has 0 aliphatic carbocycles. The van der Waals surface area contributed by atoms with Gasteiger partial charge in [-0.05, 0) is 42.5 Å². The molecule has 0 unspecified atom stereocenters. The van der Waals surface area contributed by atoms with Crippen molar-refractivity contribution in [3.63, 3.8) is 0 Å². The van der Waals surface area contributed by atoms with Crippen LogP contribution in [0.1, 0.15) is 15.9 Å². The minimum absolute atomic E-state index is 0.270. The molecule has 4 nitrogen and oxygen atoms in total. The number of ether oxygens (including phenoxy) is 1. The van der Waals surface area contributed by atoms with Crippen molar-refractivity contribution in [1.82, 2.24) is 5.32 Å². The second-order valence-electron chi connectivity index (χ2n) is 4.36. The summed E-state index contributed by atoms with van der Waals surface area (Å²) in [5, 5.41) is 12.6. The van der Waals surface area contributed by atoms with E-state index >= 15 is 0 Å². The first-order valence-electron chi connectivity index (χ1n) is 6.46. The molecule has 1 amide bonds. The highest BCUT2D eigenvalue weighted by Gasteiger charge is 2.08. The largest absolute Gasteiger partial charge is 0.492 e. The summed E-state index contributed by atoms with van der Waals surface area (Å²) in [6.45, 7) is 0.665. The van der Waals surface area contributed by atoms with Crippen molar-refractivity contribution in [2.24, 2.45) is 0 Å². The van der Waals surface area contributed by atoms with Gasteiger partial charge in [0.1, 0.15) is 18.4 Å². The normalized spacial score (nSPS) is 9.86. The van der Waals surface area contributed by atoms with Gasteiger partial charge in [0.15, 0.2) is 0 Å². The standard InChI is InChI=1S/C16H12Cl2N2O2/c17-13-2-4-14(5-3-13)22-8-7-20-16(21)11-1-6-15(18)12(9-11)10-19/h1-6,9H,7-8H2,(H,20,21). The van der Waals surface area contributed by atoms with Crippen LogP contribution >= 0.6 is 23.2 Å². The summed E-state index contributed by atoms with van der Waals surface area (Å²) in [7, 11) is 0. The maximum Gasteiger partial charge on any atom is 0.251 e. The Hall–Kier alpha value is -2.22. The van der Waals surface area contributed by atoms with Crippen LogP contribution in [0.3, 0.4) is 0 Å². The van der Waals surface area contributed by atoms with E-state index in [0.717, 1.165) is 0 Å². The molecule has 0 fully saturated rings. The molecule has 6 heteroatoms. The van der Waals surface area contributed by atoms with Gasteiger partial charge in [-0.25, -0.2) is 0 Å². The Bertz CT molecular complexity index is 709. The summed E-state index contributed by atoms with van der Waals surface area (Å²) in [4.78, 5) is 11.9. The van der Waals surface area contributed by atoms with Crippen molar-refractivity contribution in [3.05, 3.63) is 63.6 Å². The minimum Gasteiger partial charge on any atom is -0.492 e. The van der Waals surface area contributed by atoms with E-state index in [4.69, 9.17) is 33.2 Å². The first-order chi connectivity index (χ1) is 10.6. The predicted octanol–water partition coefficient (Wildman–Crippen LogP) is 3.67. The Labute approximate surface area is 138 Å². The third kappa shape index (κ3) is 4.39. The Morgan fingerprint density at radius 1 is 1.18 bits per heavy atom. The van der Waals surface area contributed by atoms with Crippen molar-refractivity contribution in [2.45, 2.75) is 0 Å². The molecular weight excluding hydrogens is 323 g/mol. The zero-order valence-electron chi connectivity index (χ0n) is 11.5. The van der Waals surface area contributed by atoms with E-state index in [0.29, 0.717) is 34.5 Å². The molecular formula is C16H12Cl2N2O2. The Morgan fingerprint density at radius 2 is 1.91 bits per heavy atom. The highest BCUT2D eigenvalue weighted by atomic mass is 35.5. The van der Waals surface area contributed by atoms with Crippen molar-refractivity contribution in [3.8, 4) is 11.8 Å². The Morgan fingerprint density at radius 3 is 2.59 bits per heavy atom. The van der Waals surface area contributed by atoms with Crippen molar-refractivity contribution in [2.75, 3.05) is 13.2 Å². The molecule has 2 aromatic carbocycles. The fourth-order valence-electron chi connectivity index (χ4n) is 1.72. The lowest BCUT2D eigenvalue weighted by molar-refractivity contribution is 0.0947. The molecule has 0 bridgehead atoms. The summed E-state index contributed by atoms with van der Waals surface area (Å²) in [5.74, 6) is 0.393. The second kappa shape index (κ2) is 7.69. The fraction of sp³-hybridized carbons (Fsp3) is 0.125. The lowest BCUT2D eigenvalue weighted by atomic mass is 10.1. The van der Waals surface area contributed by atoms with E-state index in [1.54, 1.807) is 30.3 Å². The molecule has 0 aliphatic heterocycles. The van der Waals surface area contributed by atoms with Crippen LogP contribution in [0.5, 0.6) is 5.75 Å². The molecule has 0 aromatic heterocycles. The van der Waals surface area contributed by atoms with Gasteiger partial charge in [0.25, 0.3) is 5.91 Å². The number of benzene rings is 2. The highest BCUT2D eigenvalue weighted by molar-refractivity contribution is 6.31. The van der Waals surface area contributed by atoms with E-state index in [1.165, 1.54) is 12.1 Å². The predicted molar refractivity (Wildman–Crippen MR) is 85.4 cm³/mol. The molecule has 2 aromatic rings. The summed E-state index contributed by atoms with van der Waals surface area (Å²) in [5.41, 5.74) is 0.652. The third-order valence-corrected chi connectivity index (χ3v) is 3.40. The average Bonchev–Trinajstić information content (AvgIpc) is 2.53. The zero-order chi connectivity index (χ0) is 15.9. The number of amides is 1. The molecule has 0 heterocycles. The molecule has 0 saturated heterocycles. The lowest BCUT2D eigenvalue weighted by Gasteiger charge is -2.08. The number of rotatable bonds is 5. The van der Waals surface area contributed by atoms with Crippen LogP contribution in [-0.4, -0.2) is 19.1 Å². The Balaban J connectivity index is 1.83. The topological polar surface area (TPSA) is 62.1 Å². The van der Waals surface area contributed by atoms with Crippen LogP contribution in [0.4, 0.5) is 0 Å². The fourth-order valence-corrected chi connectivity index (χ4v) is 2.00. The van der Waals surface area contributed by atoms with Crippen molar-refractivity contribution in [1.29, 1.82) is 5.26 Å². The summed E-state index contributed by atoms with van der Waals surface area (Å²) >= 11 is 11.6. The summed E-state index contributed by atoms with van der Waals surface area (Å²) < 4.78 is 5.46. The van der Waals surface area contributed by atoms with Crippen LogP contribution in [0.2, 0.25) is 10.0 Å². The quantitative estimate of drug-likeness (QED) is 0.848. The maximum atomic E-state index is 11.9. The molecule has 112 valence electrons. The van der Waals surface area contributed by atoms with Crippen LogP contribution < -0.4 is 10.1 Å². The summed E-state index contributed by atoms with van der Waals surface area (Å²) in [6.07, 6.45) is 0. The number of carbonyl (C=O) groups is 1. The van der Waals surface area contributed by atoms with Crippen molar-refractivity contribution >= 4 is 29.1 Å². The number of nitrogens with one attached hydrogen (secondary N) is 1. The monoisotopic (exact) mass is 334 g/mol. The smallest absolute Gasteiger partial charge is 0.251 e. The number of nitrogens with zero attached hydrogens (tertiary/aromatic N) is 1. The molecule has 2 rings (SSSR count). The Kier molecular flexibility index (Phi) is 5.65. The summed E-state index contributed by atoms with van der Waals surface area (Å²) in [6, 6.07) is 13.5. The van der Waals surface area contributed by atoms with E-state index in [9.17, 15) is 4.79 Å². The van der Waals surface area contributed by atoms with Gasteiger partial charge in [-0.1, -0.05) is 23.2 Å². The van der Waals surface area contributed by atoms with E-state index < -0.39 is 0 Å². The SMILES string of the molecule is N#Cc1cc(C(=O)NCCOc2ccc(Cl)cc2)ccc1Cl. The molecule has 22 heavy (non-hydrogen) atoms. The van der Waals surface area contributed by atoms with Crippen molar-refractivity contribution < 1.29 is 9.53 Å². The number of hydrogen-bond acceptors (Lipinski definition) is 3. The van der Waals surface area contributed by atoms with Crippen LogP contribution in [0, 0.1) is 11.3 Å². The van der Waals surface area contributed by atoms with Gasteiger partial charge in [-0.15, -0.1) is 0 Å². The van der Waals surface area contributed by atoms with E-state index in [-0.39, 0.29) is 11.5 Å². The molecule has 0 radical (unpaired) electrons. The van der Waals surface area contributed by atoms with Gasteiger partial charge in [-0.3, -0.25) is 4.79 Å². The highest BCUT2D eigenvalue weighted by Crippen LogP contribution is 2.17. The van der Waals surface area contributed by atoms with Gasteiger partial charge < -0.3 is 10.1 Å². The van der Waals surface area contributed by atoms with Gasteiger partial charge in [0, 0.05) is 10.6 Å². The average molecular weight is 335 g/mol. The van der Waals surface area contributed by atoms with Gasteiger partial charge in [-0.2, -0.15) is 5.26 Å². The van der Waals surface area contributed by atoms with E-state index in [2.05, 4.69) is 5.32 Å². The van der Waals surface area contributed by atoms with Crippen LogP contribution in [0.15, 0.2) is 42.5 Å². The first-order valence-corrected chi connectivity index (χ1v) is 7.22. The number of carbonyl (C=O) groups excluding carboxylic acids is 1. The number of hydrogen-bond donors (Lipinski definition) is 1. The second-order valence-corrected chi connectivity index (χ2v) is 5.21. The van der Waals surface area contributed by atoms with E-state index in [1.807, 2.05) is 6.07 Å². The molecule has 0 saturated carbocycles. The van der Waals surface area contributed by atoms with Gasteiger partial charge >= 0.3 is 0 Å². The molecule has 0 aliphatic rings. The molecule has 0 spiro atoms. The molecule has 0 atom stereocenters. The third-order valence-electron chi connectivity index (χ3n) is 2.82. The zero-order valence-corrected chi connectivity index (χ0v) is 13.0. The minimum atomic E-state index is -0.284. The van der Waals surface area contributed by atoms with Gasteiger partial charge in [0.2, 0.25) is 0 Å². The molecule has 1 N–H and O–H groups in total. The van der Waals surface area contributed by atoms with Crippen LogP contribution in [-0.2, 0) is 0 Å². The van der Waals surface area contributed by atoms with Crippen LogP contribution in [0.25, 0.3) is 0 Å². The van der Waals surface area contributed by atoms with Gasteiger partial charge in [0.05, 0.1) is 17.1 Å². The number of halogens is 2. The lowest BCUT2D eigenvalue weighted by Crippen LogP contribution is -2.28. The number of nitriles is 1.